The molecule has 140 valence electrons. The Hall–Kier alpha value is -2.49. The Balaban J connectivity index is 1.41. The van der Waals surface area contributed by atoms with Crippen LogP contribution in [-0.4, -0.2) is 45.0 Å². The van der Waals surface area contributed by atoms with Crippen molar-refractivity contribution in [2.24, 2.45) is 5.92 Å². The monoisotopic (exact) mass is 366 g/mol. The summed E-state index contributed by atoms with van der Waals surface area (Å²) in [6.45, 7) is -0.737. The summed E-state index contributed by atoms with van der Waals surface area (Å²) < 4.78 is 34.7. The van der Waals surface area contributed by atoms with Gasteiger partial charge in [-0.15, -0.1) is 5.10 Å². The van der Waals surface area contributed by atoms with E-state index in [1.807, 2.05) is 0 Å². The van der Waals surface area contributed by atoms with Crippen molar-refractivity contribution in [3.8, 4) is 11.8 Å². The molecule has 0 radical (unpaired) electrons. The van der Waals surface area contributed by atoms with Crippen molar-refractivity contribution >= 4 is 11.6 Å². The van der Waals surface area contributed by atoms with E-state index in [1.54, 1.807) is 6.20 Å². The molecule has 2 aliphatic heterocycles. The summed E-state index contributed by atoms with van der Waals surface area (Å²) in [5.74, 6) is 1.40. The Kier molecular flexibility index (Phi) is 4.58. The molecule has 2 bridgehead atoms. The predicted octanol–water partition coefficient (Wildman–Crippen LogP) is 2.45. The van der Waals surface area contributed by atoms with E-state index in [1.165, 1.54) is 25.1 Å². The van der Waals surface area contributed by atoms with Crippen LogP contribution in [0, 0.1) is 5.92 Å². The molecule has 4 heterocycles. The Bertz CT molecular complexity index is 758. The normalized spacial score (nSPS) is 27.5. The molecular formula is C16H20F2N6O2. The molecular weight excluding hydrogens is 346 g/mol. The first kappa shape index (κ1) is 17.0. The molecule has 26 heavy (non-hydrogen) atoms. The molecule has 10 heteroatoms. The summed E-state index contributed by atoms with van der Waals surface area (Å²) in [4.78, 5) is 8.51. The standard InChI is InChI=1S/C16H20F2N6O2/c1-8-10-3-2-9(20-10)4-11(8)25-15-7-19-6-13(22-15)21-12-5-14(24-23-12)26-16(17)18/h5-11,16,20H,2-4H2,1H3,(H2,21,22,23,24)/t8-,9-,10+,11+/m1/s1. The molecule has 2 aliphatic rings. The Morgan fingerprint density at radius 2 is 2.15 bits per heavy atom. The number of halogens is 2. The van der Waals surface area contributed by atoms with Crippen molar-refractivity contribution < 1.29 is 18.3 Å². The molecule has 0 saturated carbocycles. The van der Waals surface area contributed by atoms with Crippen molar-refractivity contribution in [2.75, 3.05) is 5.32 Å². The van der Waals surface area contributed by atoms with Gasteiger partial charge in [0, 0.05) is 24.1 Å². The lowest BCUT2D eigenvalue weighted by atomic mass is 9.91. The number of aromatic amines is 1. The number of alkyl halides is 2. The summed E-state index contributed by atoms with van der Waals surface area (Å²) in [5.41, 5.74) is 0. The van der Waals surface area contributed by atoms with Crippen molar-refractivity contribution in [3.63, 3.8) is 0 Å². The molecule has 4 atom stereocenters. The van der Waals surface area contributed by atoms with Crippen LogP contribution in [0.25, 0.3) is 0 Å². The van der Waals surface area contributed by atoms with Crippen LogP contribution in [0.15, 0.2) is 18.5 Å². The van der Waals surface area contributed by atoms with Gasteiger partial charge in [-0.3, -0.25) is 10.1 Å². The van der Waals surface area contributed by atoms with Crippen LogP contribution >= 0.6 is 0 Å². The number of hydrogen-bond acceptors (Lipinski definition) is 7. The molecule has 8 nitrogen and oxygen atoms in total. The lowest BCUT2D eigenvalue weighted by Crippen LogP contribution is -2.49. The van der Waals surface area contributed by atoms with E-state index in [9.17, 15) is 8.78 Å². The largest absolute Gasteiger partial charge is 0.473 e. The van der Waals surface area contributed by atoms with Crippen molar-refractivity contribution in [2.45, 2.75) is 51.0 Å². The average molecular weight is 366 g/mol. The first-order valence-electron chi connectivity index (χ1n) is 8.59. The van der Waals surface area contributed by atoms with Crippen LogP contribution in [0.4, 0.5) is 20.4 Å². The highest BCUT2D eigenvalue weighted by Gasteiger charge is 2.40. The summed E-state index contributed by atoms with van der Waals surface area (Å²) in [5, 5.41) is 12.7. The Morgan fingerprint density at radius 3 is 3.00 bits per heavy atom. The van der Waals surface area contributed by atoms with Gasteiger partial charge < -0.3 is 20.1 Å². The number of anilines is 2. The van der Waals surface area contributed by atoms with Crippen LogP contribution < -0.4 is 20.1 Å². The van der Waals surface area contributed by atoms with Gasteiger partial charge in [0.2, 0.25) is 11.8 Å². The van der Waals surface area contributed by atoms with Crippen LogP contribution in [0.2, 0.25) is 0 Å². The fourth-order valence-corrected chi connectivity index (χ4v) is 3.64. The third kappa shape index (κ3) is 3.69. The van der Waals surface area contributed by atoms with Gasteiger partial charge in [-0.05, 0) is 19.3 Å². The quantitative estimate of drug-likeness (QED) is 0.722. The van der Waals surface area contributed by atoms with Gasteiger partial charge in [-0.2, -0.15) is 13.8 Å². The number of fused-ring (bicyclic) bond motifs is 2. The smallest absolute Gasteiger partial charge is 0.388 e. The molecule has 0 spiro atoms. The Labute approximate surface area is 148 Å². The zero-order chi connectivity index (χ0) is 18.1. The maximum atomic E-state index is 12.2. The van der Waals surface area contributed by atoms with Gasteiger partial charge in [-0.25, -0.2) is 0 Å². The van der Waals surface area contributed by atoms with E-state index in [0.717, 1.165) is 6.42 Å². The first-order chi connectivity index (χ1) is 12.6. The Morgan fingerprint density at radius 1 is 1.27 bits per heavy atom. The third-order valence-corrected chi connectivity index (χ3v) is 4.93. The lowest BCUT2D eigenvalue weighted by Gasteiger charge is -2.35. The number of piperidine rings is 1. The van der Waals surface area contributed by atoms with Crippen molar-refractivity contribution in [3.05, 3.63) is 18.5 Å². The highest BCUT2D eigenvalue weighted by Crippen LogP contribution is 2.33. The second kappa shape index (κ2) is 7.02. The second-order valence-corrected chi connectivity index (χ2v) is 6.66. The molecule has 2 aromatic rings. The van der Waals surface area contributed by atoms with Gasteiger partial charge in [-0.1, -0.05) is 6.92 Å². The third-order valence-electron chi connectivity index (χ3n) is 4.93. The maximum absolute atomic E-state index is 12.2. The molecule has 0 unspecified atom stereocenters. The van der Waals surface area contributed by atoms with E-state index < -0.39 is 6.61 Å². The fraction of sp³-hybridized carbons (Fsp3) is 0.562. The predicted molar refractivity (Wildman–Crippen MR) is 88.7 cm³/mol. The molecule has 0 aromatic carbocycles. The molecule has 0 amide bonds. The zero-order valence-electron chi connectivity index (χ0n) is 14.2. The fourth-order valence-electron chi connectivity index (χ4n) is 3.64. The van der Waals surface area contributed by atoms with Gasteiger partial charge in [0.05, 0.1) is 12.4 Å². The minimum Gasteiger partial charge on any atom is -0.473 e. The van der Waals surface area contributed by atoms with Gasteiger partial charge in [0.15, 0.2) is 5.82 Å². The number of rotatable bonds is 6. The van der Waals surface area contributed by atoms with Crippen LogP contribution in [0.5, 0.6) is 11.8 Å². The van der Waals surface area contributed by atoms with Gasteiger partial charge in [0.25, 0.3) is 0 Å². The summed E-state index contributed by atoms with van der Waals surface area (Å²) in [6, 6.07) is 2.31. The molecule has 3 N–H and O–H groups in total. The number of aromatic nitrogens is 4. The van der Waals surface area contributed by atoms with E-state index in [2.05, 4.69) is 42.5 Å². The number of H-pyrrole nitrogens is 1. The number of ether oxygens (including phenoxy) is 2. The maximum Gasteiger partial charge on any atom is 0.388 e. The molecule has 0 aliphatic carbocycles. The summed E-state index contributed by atoms with van der Waals surface area (Å²) >= 11 is 0. The minimum absolute atomic E-state index is 0.0940. The number of hydrogen-bond donors (Lipinski definition) is 3. The van der Waals surface area contributed by atoms with Crippen LogP contribution in [0.1, 0.15) is 26.2 Å². The number of nitrogens with one attached hydrogen (secondary N) is 3. The molecule has 2 fully saturated rings. The van der Waals surface area contributed by atoms with E-state index in [-0.39, 0.29) is 12.0 Å². The van der Waals surface area contributed by atoms with Crippen LogP contribution in [-0.2, 0) is 0 Å². The highest BCUT2D eigenvalue weighted by molar-refractivity contribution is 5.52. The van der Waals surface area contributed by atoms with Gasteiger partial charge >= 0.3 is 6.61 Å². The second-order valence-electron chi connectivity index (χ2n) is 6.66. The molecule has 4 rings (SSSR count). The highest BCUT2D eigenvalue weighted by atomic mass is 19.3. The first-order valence-corrected chi connectivity index (χ1v) is 8.59. The van der Waals surface area contributed by atoms with Crippen LogP contribution in [0.3, 0.4) is 0 Å². The average Bonchev–Trinajstić information content (AvgIpc) is 3.20. The molecule has 2 aromatic heterocycles. The van der Waals surface area contributed by atoms with E-state index >= 15 is 0 Å². The summed E-state index contributed by atoms with van der Waals surface area (Å²) in [6.07, 6.45) is 6.49. The number of nitrogens with zero attached hydrogens (tertiary/aromatic N) is 3. The van der Waals surface area contributed by atoms with E-state index in [4.69, 9.17) is 4.74 Å². The SMILES string of the molecule is C[C@@H]1[C@@H]2CC[C@H](C[C@@H]1Oc1cncc(Nc3cc(OC(F)F)n[nH]3)n1)N2. The van der Waals surface area contributed by atoms with Crippen molar-refractivity contribution in [1.29, 1.82) is 0 Å². The zero-order valence-corrected chi connectivity index (χ0v) is 14.2. The lowest BCUT2D eigenvalue weighted by molar-refractivity contribution is -0.0528. The topological polar surface area (TPSA) is 97.0 Å². The molecule has 2 saturated heterocycles. The summed E-state index contributed by atoms with van der Waals surface area (Å²) in [7, 11) is 0. The van der Waals surface area contributed by atoms with Gasteiger partial charge in [0.1, 0.15) is 11.9 Å². The van der Waals surface area contributed by atoms with Crippen molar-refractivity contribution in [1.82, 2.24) is 25.5 Å². The minimum atomic E-state index is -2.93. The van der Waals surface area contributed by atoms with E-state index in [0.29, 0.717) is 35.5 Å².